The summed E-state index contributed by atoms with van der Waals surface area (Å²) in [6, 6.07) is 0.861. The Morgan fingerprint density at radius 3 is 2.76 bits per heavy atom. The second-order valence-electron chi connectivity index (χ2n) is 4.62. The molecule has 2 aromatic heterocycles. The van der Waals surface area contributed by atoms with Gasteiger partial charge in [-0.15, -0.1) is 0 Å². The summed E-state index contributed by atoms with van der Waals surface area (Å²) in [4.78, 5) is 7.96. The highest BCUT2D eigenvalue weighted by molar-refractivity contribution is 7.98. The third-order valence-electron chi connectivity index (χ3n) is 2.89. The van der Waals surface area contributed by atoms with Crippen LogP contribution < -0.4 is 0 Å². The molecule has 21 heavy (non-hydrogen) atoms. The summed E-state index contributed by atoms with van der Waals surface area (Å²) in [6.45, 7) is 0. The van der Waals surface area contributed by atoms with Crippen LogP contribution in [-0.4, -0.2) is 15.1 Å². The van der Waals surface area contributed by atoms with E-state index in [4.69, 9.17) is 16.1 Å². The summed E-state index contributed by atoms with van der Waals surface area (Å²) >= 11 is 6.98. The zero-order valence-electron chi connectivity index (χ0n) is 10.5. The van der Waals surface area contributed by atoms with Crippen LogP contribution >= 0.6 is 23.4 Å². The van der Waals surface area contributed by atoms with E-state index >= 15 is 0 Å². The molecule has 0 amide bonds. The third-order valence-corrected chi connectivity index (χ3v) is 4.28. The predicted octanol–water partition coefficient (Wildman–Crippen LogP) is 4.31. The lowest BCUT2D eigenvalue weighted by Crippen LogP contribution is -2.05. The lowest BCUT2D eigenvalue weighted by atomic mass is 10.3. The minimum Gasteiger partial charge on any atom is -0.338 e. The van der Waals surface area contributed by atoms with Crippen LogP contribution in [0.5, 0.6) is 0 Å². The van der Waals surface area contributed by atoms with Crippen molar-refractivity contribution in [2.45, 2.75) is 35.7 Å². The molecule has 0 aromatic carbocycles. The average Bonchev–Trinajstić information content (AvgIpc) is 3.16. The van der Waals surface area contributed by atoms with Crippen molar-refractivity contribution in [2.75, 3.05) is 0 Å². The van der Waals surface area contributed by atoms with Crippen molar-refractivity contribution < 1.29 is 17.7 Å². The Labute approximate surface area is 127 Å². The van der Waals surface area contributed by atoms with Crippen LogP contribution in [0.2, 0.25) is 5.02 Å². The maximum absolute atomic E-state index is 12.5. The summed E-state index contributed by atoms with van der Waals surface area (Å²) in [5.41, 5.74) is -0.870. The average molecular weight is 336 g/mol. The van der Waals surface area contributed by atoms with Gasteiger partial charge in [0.2, 0.25) is 5.89 Å². The molecule has 3 rings (SSSR count). The number of pyridine rings is 1. The molecule has 1 aliphatic rings. The molecular formula is C12H9ClF3N3OS. The number of aromatic nitrogens is 3. The molecule has 0 aliphatic heterocycles. The van der Waals surface area contributed by atoms with Crippen molar-refractivity contribution in [3.05, 3.63) is 34.6 Å². The first-order chi connectivity index (χ1) is 9.93. The van der Waals surface area contributed by atoms with Crippen molar-refractivity contribution in [1.29, 1.82) is 0 Å². The van der Waals surface area contributed by atoms with Gasteiger partial charge >= 0.3 is 6.18 Å². The van der Waals surface area contributed by atoms with Gasteiger partial charge in [0.1, 0.15) is 5.03 Å². The molecule has 4 nitrogen and oxygen atoms in total. The SMILES string of the molecule is FC(F)(F)c1cnc(SCc2nc(C3CC3)no2)c(Cl)c1. The third kappa shape index (κ3) is 3.49. The first-order valence-electron chi connectivity index (χ1n) is 6.11. The minimum absolute atomic E-state index is 0.0447. The Balaban J connectivity index is 1.66. The number of rotatable bonds is 4. The molecule has 0 N–H and O–H groups in total. The molecule has 1 aliphatic carbocycles. The van der Waals surface area contributed by atoms with E-state index in [-0.39, 0.29) is 5.02 Å². The summed E-state index contributed by atoms with van der Waals surface area (Å²) in [6.07, 6.45) is -1.56. The van der Waals surface area contributed by atoms with Gasteiger partial charge in [-0.25, -0.2) is 4.98 Å². The summed E-state index contributed by atoms with van der Waals surface area (Å²) in [5.74, 6) is 1.81. The Hall–Kier alpha value is -1.28. The van der Waals surface area contributed by atoms with Crippen molar-refractivity contribution in [3.8, 4) is 0 Å². The summed E-state index contributed by atoms with van der Waals surface area (Å²) < 4.78 is 42.6. The normalized spacial score (nSPS) is 15.4. The lowest BCUT2D eigenvalue weighted by molar-refractivity contribution is -0.137. The van der Waals surface area contributed by atoms with Crippen LogP contribution in [0.25, 0.3) is 0 Å². The molecule has 0 bridgehead atoms. The van der Waals surface area contributed by atoms with Crippen LogP contribution in [0.4, 0.5) is 13.2 Å². The van der Waals surface area contributed by atoms with Crippen molar-refractivity contribution in [2.24, 2.45) is 0 Å². The quantitative estimate of drug-likeness (QED) is 0.779. The number of alkyl halides is 3. The predicted molar refractivity (Wildman–Crippen MR) is 70.1 cm³/mol. The van der Waals surface area contributed by atoms with Crippen molar-refractivity contribution in [1.82, 2.24) is 15.1 Å². The second kappa shape index (κ2) is 5.49. The number of hydrogen-bond donors (Lipinski definition) is 0. The monoisotopic (exact) mass is 335 g/mol. The second-order valence-corrected chi connectivity index (χ2v) is 5.99. The van der Waals surface area contributed by atoms with E-state index in [2.05, 4.69) is 15.1 Å². The zero-order valence-corrected chi connectivity index (χ0v) is 12.1. The van der Waals surface area contributed by atoms with E-state index in [1.165, 1.54) is 0 Å². The molecule has 2 aromatic rings. The largest absolute Gasteiger partial charge is 0.417 e. The first-order valence-corrected chi connectivity index (χ1v) is 7.48. The fourth-order valence-electron chi connectivity index (χ4n) is 1.65. The molecule has 2 heterocycles. The Kier molecular flexibility index (Phi) is 3.83. The van der Waals surface area contributed by atoms with Crippen molar-refractivity contribution >= 4 is 23.4 Å². The van der Waals surface area contributed by atoms with Gasteiger partial charge in [0.15, 0.2) is 5.82 Å². The van der Waals surface area contributed by atoms with Crippen LogP contribution in [0, 0.1) is 0 Å². The van der Waals surface area contributed by atoms with Crippen LogP contribution in [0.15, 0.2) is 21.8 Å². The highest BCUT2D eigenvalue weighted by Crippen LogP contribution is 2.39. The Morgan fingerprint density at radius 1 is 1.38 bits per heavy atom. The van der Waals surface area contributed by atoms with Gasteiger partial charge < -0.3 is 4.52 Å². The van der Waals surface area contributed by atoms with Gasteiger partial charge in [0, 0.05) is 12.1 Å². The number of hydrogen-bond acceptors (Lipinski definition) is 5. The van der Waals surface area contributed by atoms with Crippen molar-refractivity contribution in [3.63, 3.8) is 0 Å². The lowest BCUT2D eigenvalue weighted by Gasteiger charge is -2.08. The summed E-state index contributed by atoms with van der Waals surface area (Å²) in [5, 5.41) is 4.11. The molecule has 0 radical (unpaired) electrons. The van der Waals surface area contributed by atoms with E-state index < -0.39 is 11.7 Å². The van der Waals surface area contributed by atoms with Gasteiger partial charge in [-0.05, 0) is 18.9 Å². The van der Waals surface area contributed by atoms with Gasteiger partial charge in [0.25, 0.3) is 0 Å². The molecule has 1 saturated carbocycles. The maximum atomic E-state index is 12.5. The van der Waals surface area contributed by atoms with E-state index in [1.807, 2.05) is 0 Å². The molecule has 0 unspecified atom stereocenters. The molecule has 0 saturated heterocycles. The van der Waals surface area contributed by atoms with Crippen LogP contribution in [0.3, 0.4) is 0 Å². The van der Waals surface area contributed by atoms with E-state index in [0.717, 1.165) is 36.9 Å². The number of nitrogens with zero attached hydrogens (tertiary/aromatic N) is 3. The fourth-order valence-corrected chi connectivity index (χ4v) is 2.68. The van der Waals surface area contributed by atoms with E-state index in [9.17, 15) is 13.2 Å². The maximum Gasteiger partial charge on any atom is 0.417 e. The van der Waals surface area contributed by atoms with Gasteiger partial charge in [0.05, 0.1) is 16.3 Å². The van der Waals surface area contributed by atoms with Gasteiger partial charge in [-0.2, -0.15) is 18.2 Å². The Bertz CT molecular complexity index is 657. The standard InChI is InChI=1S/C12H9ClF3N3OS/c13-8-3-7(12(14,15)16)4-17-11(8)21-5-9-18-10(19-20-9)6-1-2-6/h3-4,6H,1-2,5H2. The zero-order chi connectivity index (χ0) is 15.0. The van der Waals surface area contributed by atoms with E-state index in [0.29, 0.717) is 28.4 Å². The number of thioether (sulfide) groups is 1. The van der Waals surface area contributed by atoms with Gasteiger partial charge in [-0.1, -0.05) is 28.5 Å². The highest BCUT2D eigenvalue weighted by Gasteiger charge is 2.32. The Morgan fingerprint density at radius 2 is 2.14 bits per heavy atom. The van der Waals surface area contributed by atoms with Crippen LogP contribution in [-0.2, 0) is 11.9 Å². The molecule has 112 valence electrons. The number of halogens is 4. The topological polar surface area (TPSA) is 51.8 Å². The highest BCUT2D eigenvalue weighted by atomic mass is 35.5. The molecule has 0 atom stereocenters. The first kappa shape index (κ1) is 14.6. The molecule has 1 fully saturated rings. The van der Waals surface area contributed by atoms with E-state index in [1.54, 1.807) is 0 Å². The molecule has 0 spiro atoms. The van der Waals surface area contributed by atoms with Crippen LogP contribution in [0.1, 0.15) is 36.0 Å². The van der Waals surface area contributed by atoms with Gasteiger partial charge in [-0.3, -0.25) is 0 Å². The fraction of sp³-hybridized carbons (Fsp3) is 0.417. The smallest absolute Gasteiger partial charge is 0.338 e. The molecule has 9 heteroatoms. The summed E-state index contributed by atoms with van der Waals surface area (Å²) in [7, 11) is 0. The molecular weight excluding hydrogens is 327 g/mol. The minimum atomic E-state index is -4.45.